The summed E-state index contributed by atoms with van der Waals surface area (Å²) in [5.74, 6) is 0.856. The number of ether oxygens (including phenoxy) is 1. The smallest absolute Gasteiger partial charge is 0.312 e. The molecular formula is C22H32N4O3. The molecule has 29 heavy (non-hydrogen) atoms. The van der Waals surface area contributed by atoms with E-state index in [0.717, 1.165) is 68.0 Å². The topological polar surface area (TPSA) is 66.9 Å². The molecule has 7 nitrogen and oxygen atoms in total. The molecule has 0 unspecified atom stereocenters. The van der Waals surface area contributed by atoms with Crippen LogP contribution < -0.4 is 10.1 Å². The summed E-state index contributed by atoms with van der Waals surface area (Å²) in [4.78, 5) is 22.3. The van der Waals surface area contributed by atoms with E-state index in [9.17, 15) is 4.79 Å². The average Bonchev–Trinajstić information content (AvgIpc) is 2.74. The third-order valence-electron chi connectivity index (χ3n) is 5.51. The van der Waals surface area contributed by atoms with Gasteiger partial charge < -0.3 is 19.8 Å². The summed E-state index contributed by atoms with van der Waals surface area (Å²) in [5.41, 5.74) is 3.25. The lowest BCUT2D eigenvalue weighted by Crippen LogP contribution is -2.46. The number of methoxy groups -OCH3 is 1. The minimum Gasteiger partial charge on any atom is -0.497 e. The van der Waals surface area contributed by atoms with E-state index < -0.39 is 0 Å². The minimum absolute atomic E-state index is 0.509. The molecule has 158 valence electrons. The Balaban J connectivity index is 1.36. The molecule has 7 heteroatoms. The van der Waals surface area contributed by atoms with E-state index in [1.54, 1.807) is 12.2 Å². The van der Waals surface area contributed by atoms with Gasteiger partial charge in [-0.25, -0.2) is 0 Å². The van der Waals surface area contributed by atoms with Crippen LogP contribution in [0.1, 0.15) is 31.2 Å². The Kier molecular flexibility index (Phi) is 8.07. The summed E-state index contributed by atoms with van der Waals surface area (Å²) in [6.07, 6.45) is 6.63. The van der Waals surface area contributed by atoms with Crippen molar-refractivity contribution < 1.29 is 14.4 Å². The Morgan fingerprint density at radius 2 is 1.93 bits per heavy atom. The number of nitrogens with zero attached hydrogens (tertiary/aromatic N) is 3. The first kappa shape index (κ1) is 21.3. The molecule has 1 aliphatic heterocycles. The maximum atomic E-state index is 10.4. The van der Waals surface area contributed by atoms with Crippen LogP contribution in [0, 0.1) is 6.92 Å². The van der Waals surface area contributed by atoms with E-state index in [0.29, 0.717) is 6.47 Å². The summed E-state index contributed by atoms with van der Waals surface area (Å²) in [5, 5.41) is 6.41. The number of benzene rings is 1. The Morgan fingerprint density at radius 3 is 2.69 bits per heavy atom. The number of carbonyl (C=O) groups is 1. The highest BCUT2D eigenvalue weighted by Crippen LogP contribution is 2.29. The first-order chi connectivity index (χ1) is 14.2. The van der Waals surface area contributed by atoms with Gasteiger partial charge in [0.25, 0.3) is 0 Å². The van der Waals surface area contributed by atoms with Gasteiger partial charge in [0.05, 0.1) is 18.3 Å². The van der Waals surface area contributed by atoms with E-state index in [-0.39, 0.29) is 0 Å². The predicted octanol–water partition coefficient (Wildman–Crippen LogP) is 3.23. The van der Waals surface area contributed by atoms with Gasteiger partial charge in [-0.2, -0.15) is 0 Å². The lowest BCUT2D eigenvalue weighted by atomic mass is 10.1. The summed E-state index contributed by atoms with van der Waals surface area (Å²) >= 11 is 0. The summed E-state index contributed by atoms with van der Waals surface area (Å²) in [6, 6.07) is 6.11. The van der Waals surface area contributed by atoms with Crippen molar-refractivity contribution in [2.24, 2.45) is 0 Å². The number of carbonyl (C=O) groups excluding carboxylic acids is 1. The van der Waals surface area contributed by atoms with E-state index in [4.69, 9.17) is 9.57 Å². The van der Waals surface area contributed by atoms with Crippen LogP contribution in [0.15, 0.2) is 24.4 Å². The summed E-state index contributed by atoms with van der Waals surface area (Å²) in [7, 11) is 1.70. The van der Waals surface area contributed by atoms with Crippen molar-refractivity contribution in [1.82, 2.24) is 14.9 Å². The number of hydroxylamine groups is 2. The molecule has 1 N–H and O–H groups in total. The Bertz CT molecular complexity index is 791. The van der Waals surface area contributed by atoms with Crippen molar-refractivity contribution in [2.75, 3.05) is 51.7 Å². The summed E-state index contributed by atoms with van der Waals surface area (Å²) in [6.45, 7) is 8.17. The zero-order chi connectivity index (χ0) is 20.5. The second kappa shape index (κ2) is 11.0. The lowest BCUT2D eigenvalue weighted by Gasteiger charge is -2.32. The molecule has 0 amide bonds. The second-order valence-electron chi connectivity index (χ2n) is 7.51. The number of anilines is 1. The maximum absolute atomic E-state index is 10.4. The molecule has 0 spiro atoms. The van der Waals surface area contributed by atoms with Gasteiger partial charge in [-0.3, -0.25) is 9.78 Å². The molecule has 0 aliphatic carbocycles. The number of aromatic nitrogens is 1. The van der Waals surface area contributed by atoms with Gasteiger partial charge in [-0.05, 0) is 44.0 Å². The van der Waals surface area contributed by atoms with E-state index in [1.807, 2.05) is 24.4 Å². The van der Waals surface area contributed by atoms with Crippen LogP contribution in [-0.4, -0.2) is 67.8 Å². The number of aryl methyl sites for hydroxylation is 1. The van der Waals surface area contributed by atoms with E-state index in [1.165, 1.54) is 24.8 Å². The van der Waals surface area contributed by atoms with Gasteiger partial charge in [0.15, 0.2) is 0 Å². The van der Waals surface area contributed by atoms with Gasteiger partial charge in [-0.1, -0.05) is 12.8 Å². The lowest BCUT2D eigenvalue weighted by molar-refractivity contribution is -0.181. The van der Waals surface area contributed by atoms with Crippen molar-refractivity contribution >= 4 is 23.1 Å². The minimum atomic E-state index is 0.509. The average molecular weight is 401 g/mol. The number of piperazine rings is 1. The molecule has 1 saturated heterocycles. The molecule has 2 heterocycles. The highest BCUT2D eigenvalue weighted by molar-refractivity contribution is 5.93. The van der Waals surface area contributed by atoms with Crippen molar-refractivity contribution in [3.63, 3.8) is 0 Å². The van der Waals surface area contributed by atoms with Crippen molar-refractivity contribution in [2.45, 2.75) is 32.6 Å². The molecule has 0 radical (unpaired) electrons. The Labute approximate surface area is 172 Å². The van der Waals surface area contributed by atoms with Crippen LogP contribution in [0.4, 0.5) is 5.69 Å². The zero-order valence-corrected chi connectivity index (χ0v) is 17.5. The van der Waals surface area contributed by atoms with Gasteiger partial charge >= 0.3 is 6.47 Å². The van der Waals surface area contributed by atoms with Gasteiger partial charge in [0.1, 0.15) is 5.75 Å². The quantitative estimate of drug-likeness (QED) is 0.459. The predicted molar refractivity (Wildman–Crippen MR) is 115 cm³/mol. The van der Waals surface area contributed by atoms with Crippen LogP contribution in [0.3, 0.4) is 0 Å². The first-order valence-electron chi connectivity index (χ1n) is 10.5. The normalized spacial score (nSPS) is 15.4. The van der Waals surface area contributed by atoms with Crippen LogP contribution in [0.5, 0.6) is 5.75 Å². The van der Waals surface area contributed by atoms with E-state index >= 15 is 0 Å². The largest absolute Gasteiger partial charge is 0.497 e. The van der Waals surface area contributed by atoms with Crippen LogP contribution in [-0.2, 0) is 9.63 Å². The molecule has 1 fully saturated rings. The SMILES string of the molecule is COc1cc(NCCCCCCN2CCN(OC=O)CC2)c2nccc(C)c2c1. The molecule has 0 bridgehead atoms. The second-order valence-corrected chi connectivity index (χ2v) is 7.51. The molecule has 1 aliphatic rings. The highest BCUT2D eigenvalue weighted by atomic mass is 16.7. The monoisotopic (exact) mass is 400 g/mol. The zero-order valence-electron chi connectivity index (χ0n) is 17.5. The fourth-order valence-electron chi connectivity index (χ4n) is 3.77. The number of pyridine rings is 1. The van der Waals surface area contributed by atoms with Gasteiger partial charge in [0.2, 0.25) is 0 Å². The number of hydrogen-bond acceptors (Lipinski definition) is 7. The molecular weight excluding hydrogens is 368 g/mol. The number of hydrogen-bond donors (Lipinski definition) is 1. The fourth-order valence-corrected chi connectivity index (χ4v) is 3.77. The maximum Gasteiger partial charge on any atom is 0.312 e. The fraction of sp³-hybridized carbons (Fsp3) is 0.545. The van der Waals surface area contributed by atoms with Gasteiger partial charge in [-0.15, -0.1) is 5.06 Å². The number of unbranched alkanes of at least 4 members (excludes halogenated alkanes) is 3. The molecule has 1 aromatic heterocycles. The first-order valence-corrected chi connectivity index (χ1v) is 10.5. The van der Waals surface area contributed by atoms with E-state index in [2.05, 4.69) is 22.1 Å². The number of fused-ring (bicyclic) bond motifs is 1. The highest BCUT2D eigenvalue weighted by Gasteiger charge is 2.16. The molecule has 0 atom stereocenters. The molecule has 0 saturated carbocycles. The van der Waals surface area contributed by atoms with Crippen LogP contribution >= 0.6 is 0 Å². The Morgan fingerprint density at radius 1 is 1.14 bits per heavy atom. The van der Waals surface area contributed by atoms with Crippen molar-refractivity contribution in [1.29, 1.82) is 0 Å². The third-order valence-corrected chi connectivity index (χ3v) is 5.51. The Hall–Kier alpha value is -2.38. The van der Waals surface area contributed by atoms with Gasteiger partial charge in [0, 0.05) is 50.4 Å². The van der Waals surface area contributed by atoms with Crippen LogP contribution in [0.2, 0.25) is 0 Å². The number of rotatable bonds is 11. The molecule has 3 rings (SSSR count). The molecule has 2 aromatic rings. The van der Waals surface area contributed by atoms with Crippen LogP contribution in [0.25, 0.3) is 10.9 Å². The molecule has 1 aromatic carbocycles. The third kappa shape index (κ3) is 6.05. The van der Waals surface area contributed by atoms with Crippen molar-refractivity contribution in [3.05, 3.63) is 30.0 Å². The van der Waals surface area contributed by atoms with Crippen molar-refractivity contribution in [3.8, 4) is 5.75 Å². The standard InChI is InChI=1S/C22H32N4O3/c1-18-7-9-24-22-20(18)15-19(28-2)16-21(22)23-8-5-3-4-6-10-25-11-13-26(14-12-25)29-17-27/h7,9,15-17,23H,3-6,8,10-14H2,1-2H3. The summed E-state index contributed by atoms with van der Waals surface area (Å²) < 4.78 is 5.45. The number of nitrogens with one attached hydrogen (secondary N) is 1.